The second-order valence-corrected chi connectivity index (χ2v) is 11.2. The molecule has 1 fully saturated rings. The minimum atomic E-state index is -3.57. The summed E-state index contributed by atoms with van der Waals surface area (Å²) in [6, 6.07) is 8.47. The Hall–Kier alpha value is -1.90. The van der Waals surface area contributed by atoms with E-state index in [1.807, 2.05) is 6.07 Å². The molecular weight excluding hydrogens is 396 g/mol. The van der Waals surface area contributed by atoms with Crippen molar-refractivity contribution in [3.05, 3.63) is 41.3 Å². The van der Waals surface area contributed by atoms with E-state index >= 15 is 0 Å². The van der Waals surface area contributed by atoms with Gasteiger partial charge >= 0.3 is 0 Å². The third kappa shape index (κ3) is 4.39. The number of hydrogen-bond donors (Lipinski definition) is 2. The molecule has 1 saturated heterocycles. The highest BCUT2D eigenvalue weighted by Crippen LogP contribution is 2.32. The number of sulfonamides is 1. The van der Waals surface area contributed by atoms with Gasteiger partial charge in [-0.25, -0.2) is 8.42 Å². The first-order valence-electron chi connectivity index (χ1n) is 9.27. The zero-order valence-electron chi connectivity index (χ0n) is 16.3. The molecule has 1 atom stereocenters. The predicted molar refractivity (Wildman–Crippen MR) is 111 cm³/mol. The number of carbonyl (C=O) groups is 1. The lowest BCUT2D eigenvalue weighted by atomic mass is 9.86. The highest BCUT2D eigenvalue weighted by atomic mass is 32.2. The average Bonchev–Trinajstić information content (AvgIpc) is 3.18. The van der Waals surface area contributed by atoms with Crippen molar-refractivity contribution in [3.63, 3.8) is 0 Å². The molecule has 8 heteroatoms. The number of phenolic OH excluding ortho intramolecular Hbond substituents is 1. The third-order valence-electron chi connectivity index (χ3n) is 4.96. The van der Waals surface area contributed by atoms with Crippen molar-refractivity contribution in [2.75, 3.05) is 18.4 Å². The Balaban J connectivity index is 1.75. The standard InChI is InChI=1S/C20H26N2O4S2/c1-20(2,3)15-8-9-17(23)16(12-15)21-19(24)14-6-4-10-22(13-14)28(25,26)18-7-5-11-27-18/h5,7-9,11-12,14,23H,4,6,10,13H2,1-3H3,(H,21,24). The maximum atomic E-state index is 12.8. The molecule has 1 aromatic carbocycles. The van der Waals surface area contributed by atoms with Crippen molar-refractivity contribution in [1.29, 1.82) is 0 Å². The summed E-state index contributed by atoms with van der Waals surface area (Å²) in [4.78, 5) is 12.8. The van der Waals surface area contributed by atoms with Crippen LogP contribution in [0.25, 0.3) is 0 Å². The van der Waals surface area contributed by atoms with E-state index in [0.717, 1.165) is 5.56 Å². The number of piperidine rings is 1. The summed E-state index contributed by atoms with van der Waals surface area (Å²) in [7, 11) is -3.57. The van der Waals surface area contributed by atoms with Crippen molar-refractivity contribution in [2.45, 2.75) is 43.2 Å². The van der Waals surface area contributed by atoms with Gasteiger partial charge < -0.3 is 10.4 Å². The number of nitrogens with zero attached hydrogens (tertiary/aromatic N) is 1. The van der Waals surface area contributed by atoms with Crippen LogP contribution in [0.2, 0.25) is 0 Å². The predicted octanol–water partition coefficient (Wildman–Crippen LogP) is 3.79. The number of phenols is 1. The van der Waals surface area contributed by atoms with Crippen LogP contribution in [-0.2, 0) is 20.2 Å². The van der Waals surface area contributed by atoms with Crippen molar-refractivity contribution in [3.8, 4) is 5.75 Å². The summed E-state index contributed by atoms with van der Waals surface area (Å²) < 4.78 is 27.2. The Bertz CT molecular complexity index is 947. The van der Waals surface area contributed by atoms with Gasteiger partial charge in [0.15, 0.2) is 0 Å². The van der Waals surface area contributed by atoms with E-state index in [9.17, 15) is 18.3 Å². The number of hydrogen-bond acceptors (Lipinski definition) is 5. The van der Waals surface area contributed by atoms with Crippen LogP contribution in [0.1, 0.15) is 39.2 Å². The monoisotopic (exact) mass is 422 g/mol. The molecule has 1 amide bonds. The summed E-state index contributed by atoms with van der Waals surface area (Å²) in [6.45, 7) is 6.72. The molecule has 1 unspecified atom stereocenters. The Kier molecular flexibility index (Phi) is 5.84. The molecule has 2 heterocycles. The van der Waals surface area contributed by atoms with Crippen LogP contribution in [0, 0.1) is 5.92 Å². The topological polar surface area (TPSA) is 86.7 Å². The number of rotatable bonds is 4. The second kappa shape index (κ2) is 7.85. The third-order valence-corrected chi connectivity index (χ3v) is 8.20. The number of carbonyl (C=O) groups excluding carboxylic acids is 1. The van der Waals surface area contributed by atoms with E-state index < -0.39 is 15.9 Å². The van der Waals surface area contributed by atoms with Crippen LogP contribution < -0.4 is 5.32 Å². The fourth-order valence-corrected chi connectivity index (χ4v) is 5.92. The molecule has 0 spiro atoms. The Morgan fingerprint density at radius 3 is 2.68 bits per heavy atom. The smallest absolute Gasteiger partial charge is 0.252 e. The fraction of sp³-hybridized carbons (Fsp3) is 0.450. The van der Waals surface area contributed by atoms with Crippen LogP contribution >= 0.6 is 11.3 Å². The van der Waals surface area contributed by atoms with Gasteiger partial charge in [0.1, 0.15) is 9.96 Å². The van der Waals surface area contributed by atoms with Gasteiger partial charge in [-0.05, 0) is 47.4 Å². The number of nitrogens with one attached hydrogen (secondary N) is 1. The Morgan fingerprint density at radius 1 is 1.29 bits per heavy atom. The molecule has 6 nitrogen and oxygen atoms in total. The van der Waals surface area contributed by atoms with E-state index in [-0.39, 0.29) is 23.6 Å². The maximum absolute atomic E-state index is 12.8. The van der Waals surface area contributed by atoms with Crippen LogP contribution in [0.4, 0.5) is 5.69 Å². The maximum Gasteiger partial charge on any atom is 0.252 e. The quantitative estimate of drug-likeness (QED) is 0.734. The Labute approximate surface area is 170 Å². The van der Waals surface area contributed by atoms with Crippen LogP contribution in [-0.4, -0.2) is 36.8 Å². The van der Waals surface area contributed by atoms with Gasteiger partial charge in [-0.1, -0.05) is 32.9 Å². The number of amides is 1. The first kappa shape index (κ1) is 20.8. The van der Waals surface area contributed by atoms with E-state index in [0.29, 0.717) is 29.3 Å². The van der Waals surface area contributed by atoms with Gasteiger partial charge in [0.2, 0.25) is 5.91 Å². The Morgan fingerprint density at radius 2 is 2.04 bits per heavy atom. The lowest BCUT2D eigenvalue weighted by Crippen LogP contribution is -2.43. The van der Waals surface area contributed by atoms with Crippen LogP contribution in [0.5, 0.6) is 5.75 Å². The van der Waals surface area contributed by atoms with Gasteiger partial charge in [0.25, 0.3) is 10.0 Å². The number of benzene rings is 1. The van der Waals surface area contributed by atoms with Gasteiger partial charge in [0, 0.05) is 13.1 Å². The van der Waals surface area contributed by atoms with E-state index in [1.54, 1.807) is 29.6 Å². The van der Waals surface area contributed by atoms with Crippen LogP contribution in [0.15, 0.2) is 39.9 Å². The lowest BCUT2D eigenvalue weighted by Gasteiger charge is -2.31. The molecule has 2 N–H and O–H groups in total. The normalized spacial score (nSPS) is 18.8. The molecule has 0 bridgehead atoms. The average molecular weight is 423 g/mol. The van der Waals surface area contributed by atoms with Crippen molar-refractivity contribution >= 4 is 33.0 Å². The highest BCUT2D eigenvalue weighted by molar-refractivity contribution is 7.91. The number of thiophene rings is 1. The summed E-state index contributed by atoms with van der Waals surface area (Å²) >= 11 is 1.18. The largest absolute Gasteiger partial charge is 0.506 e. The zero-order valence-corrected chi connectivity index (χ0v) is 17.9. The molecular formula is C20H26N2O4S2. The first-order valence-corrected chi connectivity index (χ1v) is 11.6. The molecule has 1 aliphatic heterocycles. The minimum Gasteiger partial charge on any atom is -0.506 e. The van der Waals surface area contributed by atoms with Crippen molar-refractivity contribution < 1.29 is 18.3 Å². The summed E-state index contributed by atoms with van der Waals surface area (Å²) in [5.41, 5.74) is 1.23. The highest BCUT2D eigenvalue weighted by Gasteiger charge is 2.34. The van der Waals surface area contributed by atoms with Crippen molar-refractivity contribution in [2.24, 2.45) is 5.92 Å². The summed E-state index contributed by atoms with van der Waals surface area (Å²) in [5, 5.41) is 14.7. The fourth-order valence-electron chi connectivity index (χ4n) is 3.25. The second-order valence-electron chi connectivity index (χ2n) is 8.11. The molecule has 152 valence electrons. The molecule has 0 aliphatic carbocycles. The van der Waals surface area contributed by atoms with E-state index in [2.05, 4.69) is 26.1 Å². The van der Waals surface area contributed by atoms with Gasteiger partial charge in [-0.3, -0.25) is 4.79 Å². The molecule has 1 aliphatic rings. The van der Waals surface area contributed by atoms with E-state index in [1.165, 1.54) is 15.6 Å². The van der Waals surface area contributed by atoms with Crippen LogP contribution in [0.3, 0.4) is 0 Å². The van der Waals surface area contributed by atoms with Crippen molar-refractivity contribution in [1.82, 2.24) is 4.31 Å². The summed E-state index contributed by atoms with van der Waals surface area (Å²) in [5.74, 6) is -0.728. The molecule has 0 saturated carbocycles. The van der Waals surface area contributed by atoms with Gasteiger partial charge in [-0.15, -0.1) is 11.3 Å². The SMILES string of the molecule is CC(C)(C)c1ccc(O)c(NC(=O)C2CCCN(S(=O)(=O)c3cccs3)C2)c1. The van der Waals surface area contributed by atoms with E-state index in [4.69, 9.17) is 0 Å². The molecule has 3 rings (SSSR count). The first-order chi connectivity index (χ1) is 13.1. The molecule has 28 heavy (non-hydrogen) atoms. The van der Waals surface area contributed by atoms with Gasteiger partial charge in [0.05, 0.1) is 11.6 Å². The lowest BCUT2D eigenvalue weighted by molar-refractivity contribution is -0.120. The van der Waals surface area contributed by atoms with Gasteiger partial charge in [-0.2, -0.15) is 4.31 Å². The molecule has 2 aromatic rings. The molecule has 1 aromatic heterocycles. The summed E-state index contributed by atoms with van der Waals surface area (Å²) in [6.07, 6.45) is 1.23. The number of anilines is 1. The molecule has 0 radical (unpaired) electrons. The minimum absolute atomic E-state index is 0.000206. The zero-order chi connectivity index (χ0) is 20.5. The number of aromatic hydroxyl groups is 1.